The van der Waals surface area contributed by atoms with E-state index in [0.29, 0.717) is 86.8 Å². The number of sulfonamides is 1. The molecule has 2 aliphatic heterocycles. The third-order valence-corrected chi connectivity index (χ3v) is 13.9. The molecular formula is C42H45FN6O6S. The molecule has 3 atom stereocenters. The van der Waals surface area contributed by atoms with E-state index < -0.39 is 32.9 Å². The summed E-state index contributed by atoms with van der Waals surface area (Å²) in [7, 11) is -2.01. The molecule has 3 aromatic carbocycles. The van der Waals surface area contributed by atoms with E-state index in [1.807, 2.05) is 37.3 Å². The zero-order chi connectivity index (χ0) is 38.9. The number of carbonyl (C=O) groups excluding carboxylic acids is 1. The Bertz CT molecular complexity index is 2490. The second kappa shape index (κ2) is 14.3. The smallest absolute Gasteiger partial charge is 0.237 e. The lowest BCUT2D eigenvalue weighted by Crippen LogP contribution is -2.38. The lowest BCUT2D eigenvalue weighted by Gasteiger charge is -2.24. The minimum Gasteiger partial charge on any atom is -0.480 e. The Hall–Kier alpha value is -4.76. The van der Waals surface area contributed by atoms with Gasteiger partial charge in [0.25, 0.3) is 0 Å². The van der Waals surface area contributed by atoms with E-state index in [1.54, 1.807) is 13.3 Å². The Morgan fingerprint density at radius 1 is 0.982 bits per heavy atom. The molecule has 2 saturated heterocycles. The van der Waals surface area contributed by atoms with E-state index in [4.69, 9.17) is 24.1 Å². The molecule has 2 N–H and O–H groups in total. The molecule has 14 heteroatoms. The third kappa shape index (κ3) is 6.65. The standard InChI is InChI=1S/C42H45FN6O6S/c1-23-28(6-4-8-30(23)35-19-44-36(42(46-35)54-3)22-48-16-15-26(50)21-48)29-7-5-9-31(24(29)2)41-45-34-18-33-32(38(43)39(34)55-41)12-13-37(33)49-17-14-25(20-49)40(51)47-56(52,53)27-10-11-27/h4-9,18-19,25-27,37,50H,10-17,20-22H2,1-3H3,(H,47,51)/t25-,26-,37-/m1/s1. The van der Waals surface area contributed by atoms with Crippen molar-refractivity contribution in [3.63, 3.8) is 0 Å². The normalized spacial score (nSPS) is 21.6. The fraction of sp³-hybridized carbons (Fsp3) is 0.429. The minimum absolute atomic E-state index is 0.0952. The molecule has 12 nitrogen and oxygen atoms in total. The van der Waals surface area contributed by atoms with E-state index in [2.05, 4.69) is 33.6 Å². The topological polar surface area (TPSA) is 151 Å². The number of β-amino-alcohol motifs (C(OH)–C–C–N with tert-alkyl or cyclic N) is 1. The van der Waals surface area contributed by atoms with Crippen LogP contribution in [0.5, 0.6) is 5.88 Å². The van der Waals surface area contributed by atoms with E-state index >= 15 is 4.39 Å². The average Bonchev–Trinajstić information content (AvgIpc) is 3.46. The first kappa shape index (κ1) is 36.9. The second-order valence-electron chi connectivity index (χ2n) is 15.7. The number of likely N-dealkylation sites (tertiary alicyclic amines) is 2. The second-order valence-corrected chi connectivity index (χ2v) is 17.7. The van der Waals surface area contributed by atoms with E-state index in [-0.39, 0.29) is 17.7 Å². The third-order valence-electron chi connectivity index (χ3n) is 12.1. The number of hydrogen-bond acceptors (Lipinski definition) is 11. The molecule has 292 valence electrons. The van der Waals surface area contributed by atoms with Crippen molar-refractivity contribution >= 4 is 27.0 Å². The van der Waals surface area contributed by atoms with Crippen LogP contribution in [0.25, 0.3) is 44.9 Å². The van der Waals surface area contributed by atoms with Crippen molar-refractivity contribution in [1.82, 2.24) is 29.5 Å². The Morgan fingerprint density at radius 2 is 1.71 bits per heavy atom. The van der Waals surface area contributed by atoms with E-state index in [1.165, 1.54) is 0 Å². The molecule has 2 aliphatic carbocycles. The number of rotatable bonds is 10. The molecule has 1 amide bonds. The number of oxazole rings is 1. The summed E-state index contributed by atoms with van der Waals surface area (Å²) < 4.78 is 55.2. The number of carbonyl (C=O) groups is 1. The number of fused-ring (bicyclic) bond motifs is 2. The van der Waals surface area contributed by atoms with E-state index in [0.717, 1.165) is 57.6 Å². The number of amides is 1. The lowest BCUT2D eigenvalue weighted by molar-refractivity contribution is -0.122. The van der Waals surface area contributed by atoms with Gasteiger partial charge in [0.2, 0.25) is 27.7 Å². The Morgan fingerprint density at radius 3 is 2.43 bits per heavy atom. The summed E-state index contributed by atoms with van der Waals surface area (Å²) in [6, 6.07) is 13.8. The summed E-state index contributed by atoms with van der Waals surface area (Å²) in [6.45, 7) is 7.07. The molecule has 0 bridgehead atoms. The summed E-state index contributed by atoms with van der Waals surface area (Å²) in [5.74, 6) is -0.490. The van der Waals surface area contributed by atoms with Gasteiger partial charge in [0.1, 0.15) is 11.2 Å². The van der Waals surface area contributed by atoms with Crippen LogP contribution in [-0.4, -0.2) is 88.8 Å². The molecule has 5 aromatic rings. The summed E-state index contributed by atoms with van der Waals surface area (Å²) in [4.78, 5) is 31.6. The monoisotopic (exact) mass is 780 g/mol. The zero-order valence-corrected chi connectivity index (χ0v) is 32.5. The molecule has 0 spiro atoms. The van der Waals surface area contributed by atoms with Crippen molar-refractivity contribution in [2.24, 2.45) is 5.92 Å². The van der Waals surface area contributed by atoms with Crippen molar-refractivity contribution < 1.29 is 31.9 Å². The fourth-order valence-corrected chi connectivity index (χ4v) is 10.2. The number of aliphatic hydroxyl groups is 1. The van der Waals surface area contributed by atoms with Gasteiger partial charge in [-0.2, -0.15) is 0 Å². The minimum atomic E-state index is -3.61. The first-order chi connectivity index (χ1) is 27.0. The number of aromatic nitrogens is 3. The van der Waals surface area contributed by atoms with Crippen molar-refractivity contribution in [3.8, 4) is 39.7 Å². The van der Waals surface area contributed by atoms with Gasteiger partial charge in [-0.05, 0) is 104 Å². The van der Waals surface area contributed by atoms with E-state index in [9.17, 15) is 18.3 Å². The maximum absolute atomic E-state index is 16.2. The number of methoxy groups -OCH3 is 1. The SMILES string of the molecule is COc1nc(-c2cccc(-c3cccc(-c4nc5cc6c(c(F)c5o4)CC[C@H]6N4CC[C@@H](C(=O)NS(=O)(=O)C5CC5)C4)c3C)c2C)cnc1CN1CC[C@@H](O)C1. The molecule has 1 saturated carbocycles. The van der Waals surface area contributed by atoms with Crippen LogP contribution < -0.4 is 9.46 Å². The van der Waals surface area contributed by atoms with Gasteiger partial charge in [0.15, 0.2) is 11.4 Å². The van der Waals surface area contributed by atoms with Gasteiger partial charge in [0, 0.05) is 43.3 Å². The molecule has 3 fully saturated rings. The number of benzene rings is 3. The predicted molar refractivity (Wildman–Crippen MR) is 209 cm³/mol. The first-order valence-electron chi connectivity index (χ1n) is 19.4. The number of nitrogens with zero attached hydrogens (tertiary/aromatic N) is 5. The van der Waals surface area contributed by atoms with Gasteiger partial charge in [0.05, 0.1) is 36.3 Å². The molecule has 4 aliphatic rings. The predicted octanol–water partition coefficient (Wildman–Crippen LogP) is 5.87. The number of halogens is 1. The van der Waals surface area contributed by atoms with Crippen molar-refractivity contribution in [1.29, 1.82) is 0 Å². The Labute approximate surface area is 325 Å². The van der Waals surface area contributed by atoms with Crippen LogP contribution in [-0.2, 0) is 27.8 Å². The van der Waals surface area contributed by atoms with Gasteiger partial charge < -0.3 is 14.3 Å². The van der Waals surface area contributed by atoms with Crippen molar-refractivity contribution in [2.75, 3.05) is 33.3 Å². The summed E-state index contributed by atoms with van der Waals surface area (Å²) in [6.07, 6.45) is 5.17. The van der Waals surface area contributed by atoms with Gasteiger partial charge >= 0.3 is 0 Å². The van der Waals surface area contributed by atoms with Crippen LogP contribution in [0.4, 0.5) is 4.39 Å². The van der Waals surface area contributed by atoms with Gasteiger partial charge in [-0.15, -0.1) is 0 Å². The zero-order valence-electron chi connectivity index (χ0n) is 31.7. The number of aliphatic hydroxyl groups excluding tert-OH is 1. The summed E-state index contributed by atoms with van der Waals surface area (Å²) >= 11 is 0. The molecule has 0 unspecified atom stereocenters. The van der Waals surface area contributed by atoms with Crippen molar-refractivity contribution in [2.45, 2.75) is 76.3 Å². The van der Waals surface area contributed by atoms with Crippen LogP contribution in [0, 0.1) is 25.6 Å². The van der Waals surface area contributed by atoms with Gasteiger partial charge in [-0.3, -0.25) is 24.3 Å². The average molecular weight is 781 g/mol. The number of ether oxygens (including phenoxy) is 1. The van der Waals surface area contributed by atoms with Crippen LogP contribution in [0.3, 0.4) is 0 Å². The Balaban J connectivity index is 0.975. The van der Waals surface area contributed by atoms with Crippen LogP contribution in [0.1, 0.15) is 66.1 Å². The highest BCUT2D eigenvalue weighted by Crippen LogP contribution is 2.44. The summed E-state index contributed by atoms with van der Waals surface area (Å²) in [5, 5.41) is 9.51. The fourth-order valence-electron chi connectivity index (χ4n) is 8.87. The van der Waals surface area contributed by atoms with Gasteiger partial charge in [-0.25, -0.2) is 22.8 Å². The molecule has 56 heavy (non-hydrogen) atoms. The highest BCUT2D eigenvalue weighted by Gasteiger charge is 2.41. The molecular weight excluding hydrogens is 736 g/mol. The number of hydrogen-bond donors (Lipinski definition) is 2. The largest absolute Gasteiger partial charge is 0.480 e. The van der Waals surface area contributed by atoms with Crippen molar-refractivity contribution in [3.05, 3.63) is 82.4 Å². The van der Waals surface area contributed by atoms with Crippen LogP contribution >= 0.6 is 0 Å². The van der Waals surface area contributed by atoms with Crippen LogP contribution in [0.15, 0.2) is 53.1 Å². The molecule has 2 aromatic heterocycles. The molecule has 4 heterocycles. The maximum Gasteiger partial charge on any atom is 0.237 e. The highest BCUT2D eigenvalue weighted by atomic mass is 32.2. The Kier molecular flexibility index (Phi) is 9.42. The maximum atomic E-state index is 16.2. The van der Waals surface area contributed by atoms with Crippen LogP contribution in [0.2, 0.25) is 0 Å². The molecule has 0 radical (unpaired) electrons. The van der Waals surface area contributed by atoms with Gasteiger partial charge in [-0.1, -0.05) is 30.3 Å². The highest BCUT2D eigenvalue weighted by molar-refractivity contribution is 7.90. The number of nitrogens with one attached hydrogen (secondary N) is 1. The quantitative estimate of drug-likeness (QED) is 0.175. The first-order valence-corrected chi connectivity index (χ1v) is 21.0. The summed E-state index contributed by atoms with van der Waals surface area (Å²) in [5.41, 5.74) is 9.04. The molecule has 9 rings (SSSR count). The lowest BCUT2D eigenvalue weighted by atomic mass is 9.90.